The molecule has 28 heavy (non-hydrogen) atoms. The van der Waals surface area contributed by atoms with Gasteiger partial charge in [-0.1, -0.05) is 28.6 Å². The van der Waals surface area contributed by atoms with Crippen LogP contribution in [0.15, 0.2) is 46.9 Å². The lowest BCUT2D eigenvalue weighted by Gasteiger charge is -2.23. The summed E-state index contributed by atoms with van der Waals surface area (Å²) < 4.78 is 16.8. The van der Waals surface area contributed by atoms with Gasteiger partial charge in [-0.3, -0.25) is 20.2 Å². The molecule has 1 aliphatic heterocycles. The van der Waals surface area contributed by atoms with Crippen molar-refractivity contribution in [3.05, 3.63) is 63.4 Å². The van der Waals surface area contributed by atoms with E-state index in [2.05, 4.69) is 15.5 Å². The number of hydrogen-bond acceptors (Lipinski definition) is 9. The number of thiophene rings is 1. The monoisotopic (exact) mass is 400 g/mol. The largest absolute Gasteiger partial charge is 0.485 e. The second-order valence-electron chi connectivity index (χ2n) is 5.57. The lowest BCUT2D eigenvalue weighted by molar-refractivity contribution is -0.380. The highest BCUT2D eigenvalue weighted by Crippen LogP contribution is 2.35. The van der Waals surface area contributed by atoms with Crippen LogP contribution in [0.2, 0.25) is 0 Å². The van der Waals surface area contributed by atoms with Crippen molar-refractivity contribution in [3.63, 3.8) is 0 Å². The number of aromatic nitrogens is 2. The molecule has 11 heteroatoms. The summed E-state index contributed by atoms with van der Waals surface area (Å²) in [7, 11) is 0. The number of benzene rings is 1. The molecular weight excluding hydrogens is 388 g/mol. The maximum atomic E-state index is 12.0. The van der Waals surface area contributed by atoms with Crippen molar-refractivity contribution in [2.45, 2.75) is 6.10 Å². The maximum Gasteiger partial charge on any atom is 0.324 e. The van der Waals surface area contributed by atoms with Crippen LogP contribution in [0, 0.1) is 10.1 Å². The summed E-state index contributed by atoms with van der Waals surface area (Å²) in [6.07, 6.45) is 2.09. The Bertz CT molecular complexity index is 1060. The van der Waals surface area contributed by atoms with Gasteiger partial charge in [0.15, 0.2) is 11.5 Å². The molecule has 0 aliphatic carbocycles. The van der Waals surface area contributed by atoms with Crippen molar-refractivity contribution < 1.29 is 23.6 Å². The topological polar surface area (TPSA) is 130 Å². The van der Waals surface area contributed by atoms with E-state index in [4.69, 9.17) is 13.9 Å². The molecule has 0 fully saturated rings. The fraction of sp³-hybridized carbons (Fsp3) is 0.118. The van der Waals surface area contributed by atoms with Crippen LogP contribution in [0.1, 0.15) is 16.9 Å². The summed E-state index contributed by atoms with van der Waals surface area (Å²) in [4.78, 5) is 22.7. The zero-order valence-corrected chi connectivity index (χ0v) is 14.9. The Morgan fingerprint density at radius 2 is 2.07 bits per heavy atom. The van der Waals surface area contributed by atoms with Crippen molar-refractivity contribution in [1.29, 1.82) is 0 Å². The van der Waals surface area contributed by atoms with Gasteiger partial charge in [0.05, 0.1) is 4.92 Å². The normalized spacial score (nSPS) is 15.5. The number of para-hydroxylation sites is 2. The number of amides is 1. The number of rotatable bonds is 5. The third kappa shape index (κ3) is 3.83. The maximum absolute atomic E-state index is 12.0. The smallest absolute Gasteiger partial charge is 0.324 e. The van der Waals surface area contributed by atoms with E-state index in [1.165, 1.54) is 18.2 Å². The van der Waals surface area contributed by atoms with E-state index in [9.17, 15) is 14.9 Å². The standard InChI is InChI=1S/C17H12N4O6S/c22-14(7-5-10-6-8-15(28-10)21(23)24)18-17-20-19-16(27-17)13-9-25-11-3-1-2-4-12(11)26-13/h1-8,13H,9H2,(H,18,20,22)/b7-5+. The predicted molar refractivity (Wildman–Crippen MR) is 98.2 cm³/mol. The molecule has 142 valence electrons. The van der Waals surface area contributed by atoms with E-state index < -0.39 is 16.9 Å². The number of ether oxygens (including phenoxy) is 2. The van der Waals surface area contributed by atoms with E-state index in [0.717, 1.165) is 11.3 Å². The number of nitrogens with one attached hydrogen (secondary N) is 1. The molecule has 1 unspecified atom stereocenters. The highest BCUT2D eigenvalue weighted by molar-refractivity contribution is 7.16. The molecule has 3 heterocycles. The van der Waals surface area contributed by atoms with Crippen LogP contribution in [0.25, 0.3) is 6.08 Å². The van der Waals surface area contributed by atoms with Crippen LogP contribution in [0.4, 0.5) is 11.0 Å². The Hall–Kier alpha value is -3.73. The highest BCUT2D eigenvalue weighted by Gasteiger charge is 2.27. The molecule has 0 radical (unpaired) electrons. The average molecular weight is 400 g/mol. The molecule has 1 amide bonds. The Kier molecular flexibility index (Phi) is 4.72. The minimum absolute atomic E-state index is 0.00197. The fourth-order valence-electron chi connectivity index (χ4n) is 2.39. The minimum Gasteiger partial charge on any atom is -0.485 e. The summed E-state index contributed by atoms with van der Waals surface area (Å²) in [6.45, 7) is 0.198. The van der Waals surface area contributed by atoms with Gasteiger partial charge in [0, 0.05) is 17.0 Å². The molecule has 1 aromatic carbocycles. The van der Waals surface area contributed by atoms with Crippen molar-refractivity contribution in [3.8, 4) is 11.5 Å². The Labute approximate surface area is 161 Å². The molecule has 0 saturated carbocycles. The molecule has 10 nitrogen and oxygen atoms in total. The highest BCUT2D eigenvalue weighted by atomic mass is 32.1. The van der Waals surface area contributed by atoms with E-state index in [0.29, 0.717) is 16.4 Å². The van der Waals surface area contributed by atoms with Gasteiger partial charge in [-0.25, -0.2) is 0 Å². The molecular formula is C17H12N4O6S. The average Bonchev–Trinajstić information content (AvgIpc) is 3.36. The van der Waals surface area contributed by atoms with Gasteiger partial charge in [0.25, 0.3) is 11.8 Å². The molecule has 4 rings (SSSR count). The van der Waals surface area contributed by atoms with Crippen molar-refractivity contribution >= 4 is 34.3 Å². The molecule has 1 aliphatic rings. The Balaban J connectivity index is 1.37. The molecule has 0 spiro atoms. The predicted octanol–water partition coefficient (Wildman–Crippen LogP) is 3.20. The zero-order valence-electron chi connectivity index (χ0n) is 14.1. The third-order valence-electron chi connectivity index (χ3n) is 3.65. The van der Waals surface area contributed by atoms with E-state index in [1.807, 2.05) is 12.1 Å². The lowest BCUT2D eigenvalue weighted by Crippen LogP contribution is -2.21. The molecule has 1 N–H and O–H groups in total. The second kappa shape index (κ2) is 7.48. The second-order valence-corrected chi connectivity index (χ2v) is 6.66. The first-order valence-electron chi connectivity index (χ1n) is 8.03. The number of nitro groups is 1. The first-order chi connectivity index (χ1) is 13.6. The molecule has 0 bridgehead atoms. The summed E-state index contributed by atoms with van der Waals surface area (Å²) in [5, 5.41) is 20.7. The lowest BCUT2D eigenvalue weighted by atomic mass is 10.2. The summed E-state index contributed by atoms with van der Waals surface area (Å²) in [5.74, 6) is 0.848. The number of nitrogens with zero attached hydrogens (tertiary/aromatic N) is 3. The summed E-state index contributed by atoms with van der Waals surface area (Å²) in [5.41, 5.74) is 0. The SMILES string of the molecule is O=C(/C=C/c1ccc([N+](=O)[O-])s1)Nc1nnc(C2COc3ccccc3O2)o1. The van der Waals surface area contributed by atoms with Crippen LogP contribution in [-0.2, 0) is 4.79 Å². The number of anilines is 1. The summed E-state index contributed by atoms with van der Waals surface area (Å²) >= 11 is 0.959. The first-order valence-corrected chi connectivity index (χ1v) is 8.85. The number of carbonyl (C=O) groups is 1. The van der Waals surface area contributed by atoms with Gasteiger partial charge in [-0.15, -0.1) is 5.10 Å². The number of fused-ring (bicyclic) bond motifs is 1. The van der Waals surface area contributed by atoms with Crippen LogP contribution < -0.4 is 14.8 Å². The van der Waals surface area contributed by atoms with Gasteiger partial charge in [-0.2, -0.15) is 0 Å². The fourth-order valence-corrected chi connectivity index (χ4v) is 3.12. The third-order valence-corrected chi connectivity index (χ3v) is 4.65. The van der Waals surface area contributed by atoms with Crippen LogP contribution in [0.5, 0.6) is 11.5 Å². The van der Waals surface area contributed by atoms with E-state index in [1.54, 1.807) is 18.2 Å². The van der Waals surface area contributed by atoms with Gasteiger partial charge in [0.2, 0.25) is 6.10 Å². The van der Waals surface area contributed by atoms with E-state index in [-0.39, 0.29) is 23.5 Å². The molecule has 0 saturated heterocycles. The van der Waals surface area contributed by atoms with Crippen molar-refractivity contribution in [2.75, 3.05) is 11.9 Å². The Morgan fingerprint density at radius 1 is 1.25 bits per heavy atom. The van der Waals surface area contributed by atoms with Crippen LogP contribution in [0.3, 0.4) is 0 Å². The van der Waals surface area contributed by atoms with E-state index >= 15 is 0 Å². The Morgan fingerprint density at radius 3 is 2.86 bits per heavy atom. The van der Waals surface area contributed by atoms with Crippen LogP contribution >= 0.6 is 11.3 Å². The van der Waals surface area contributed by atoms with Gasteiger partial charge in [-0.05, 0) is 24.3 Å². The van der Waals surface area contributed by atoms with Crippen molar-refractivity contribution in [1.82, 2.24) is 10.2 Å². The van der Waals surface area contributed by atoms with Crippen LogP contribution in [-0.4, -0.2) is 27.6 Å². The van der Waals surface area contributed by atoms with Gasteiger partial charge in [0.1, 0.15) is 6.61 Å². The van der Waals surface area contributed by atoms with Gasteiger partial charge >= 0.3 is 11.0 Å². The zero-order chi connectivity index (χ0) is 19.5. The van der Waals surface area contributed by atoms with Gasteiger partial charge < -0.3 is 13.9 Å². The molecule has 3 aromatic rings. The number of carbonyl (C=O) groups excluding carboxylic acids is 1. The summed E-state index contributed by atoms with van der Waals surface area (Å²) in [6, 6.07) is 10.0. The quantitative estimate of drug-likeness (QED) is 0.393. The van der Waals surface area contributed by atoms with Crippen molar-refractivity contribution in [2.24, 2.45) is 0 Å². The number of hydrogen-bond donors (Lipinski definition) is 1. The molecule has 2 aromatic heterocycles. The first kappa shape index (κ1) is 17.7. The minimum atomic E-state index is -0.588. The molecule has 1 atom stereocenters.